The highest BCUT2D eigenvalue weighted by molar-refractivity contribution is 7.89. The molecule has 34 heavy (non-hydrogen) atoms. The molecular weight excluding hydrogens is 460 g/mol. The van der Waals surface area contributed by atoms with Gasteiger partial charge in [0.15, 0.2) is 11.5 Å². The van der Waals surface area contributed by atoms with Crippen LogP contribution in [0.4, 0.5) is 0 Å². The van der Waals surface area contributed by atoms with Gasteiger partial charge >= 0.3 is 0 Å². The Bertz CT molecular complexity index is 1110. The Kier molecular flexibility index (Phi) is 7.74. The highest BCUT2D eigenvalue weighted by Gasteiger charge is 2.32. The molecule has 0 aliphatic carbocycles. The summed E-state index contributed by atoms with van der Waals surface area (Å²) < 4.78 is 40.3. The number of rotatable bonds is 9. The SMILES string of the molecule is Cc1nn(CCO)cc1CCCNC(=O)C1CCN(S(=O)(=O)c2ccc3c(c2)OCCO3)CC1. The van der Waals surface area contributed by atoms with Gasteiger partial charge in [-0.2, -0.15) is 9.40 Å². The first-order valence-electron chi connectivity index (χ1n) is 11.7. The smallest absolute Gasteiger partial charge is 0.243 e. The van der Waals surface area contributed by atoms with Crippen molar-refractivity contribution in [3.8, 4) is 11.5 Å². The molecule has 2 N–H and O–H groups in total. The van der Waals surface area contributed by atoms with Crippen molar-refractivity contribution in [3.63, 3.8) is 0 Å². The number of nitrogens with one attached hydrogen (secondary N) is 1. The fourth-order valence-electron chi connectivity index (χ4n) is 4.35. The minimum atomic E-state index is -3.66. The third-order valence-corrected chi connectivity index (χ3v) is 8.17. The van der Waals surface area contributed by atoms with Crippen molar-refractivity contribution in [3.05, 3.63) is 35.7 Å². The van der Waals surface area contributed by atoms with E-state index in [1.165, 1.54) is 16.4 Å². The molecular formula is C23H32N4O6S. The second-order valence-corrected chi connectivity index (χ2v) is 10.5. The molecule has 0 unspecified atom stereocenters. The van der Waals surface area contributed by atoms with Crippen molar-refractivity contribution in [2.45, 2.75) is 44.0 Å². The number of benzene rings is 1. The second-order valence-electron chi connectivity index (χ2n) is 8.60. The van der Waals surface area contributed by atoms with Crippen LogP contribution in [0.25, 0.3) is 0 Å². The Balaban J connectivity index is 1.23. The first-order valence-corrected chi connectivity index (χ1v) is 13.1. The molecule has 10 nitrogen and oxygen atoms in total. The van der Waals surface area contributed by atoms with E-state index in [4.69, 9.17) is 14.6 Å². The van der Waals surface area contributed by atoms with Crippen molar-refractivity contribution < 1.29 is 27.8 Å². The molecule has 3 heterocycles. The van der Waals surface area contributed by atoms with Crippen LogP contribution in [0, 0.1) is 12.8 Å². The summed E-state index contributed by atoms with van der Waals surface area (Å²) in [4.78, 5) is 12.8. The van der Waals surface area contributed by atoms with Gasteiger partial charge in [0.1, 0.15) is 13.2 Å². The number of carbonyl (C=O) groups is 1. The number of carbonyl (C=O) groups excluding carboxylic acids is 1. The summed E-state index contributed by atoms with van der Waals surface area (Å²) in [5, 5.41) is 16.4. The molecule has 1 fully saturated rings. The largest absolute Gasteiger partial charge is 0.486 e. The van der Waals surface area contributed by atoms with Crippen LogP contribution >= 0.6 is 0 Å². The zero-order valence-electron chi connectivity index (χ0n) is 19.4. The van der Waals surface area contributed by atoms with Gasteiger partial charge in [-0.1, -0.05) is 0 Å². The first kappa shape index (κ1) is 24.5. The van der Waals surface area contributed by atoms with E-state index in [0.29, 0.717) is 63.7 Å². The molecule has 11 heteroatoms. The van der Waals surface area contributed by atoms with Crippen LogP contribution in [-0.4, -0.2) is 73.0 Å². The molecule has 0 radical (unpaired) electrons. The number of sulfonamides is 1. The van der Waals surface area contributed by atoms with Crippen LogP contribution in [0.15, 0.2) is 29.3 Å². The molecule has 2 aliphatic heterocycles. The summed E-state index contributed by atoms with van der Waals surface area (Å²) in [5.74, 6) is 0.775. The van der Waals surface area contributed by atoms with Crippen LogP contribution in [0.5, 0.6) is 11.5 Å². The fourth-order valence-corrected chi connectivity index (χ4v) is 5.83. The molecule has 2 aliphatic rings. The van der Waals surface area contributed by atoms with Crippen LogP contribution in [0.3, 0.4) is 0 Å². The molecule has 1 amide bonds. The summed E-state index contributed by atoms with van der Waals surface area (Å²) >= 11 is 0. The molecule has 0 bridgehead atoms. The second kappa shape index (κ2) is 10.7. The maximum absolute atomic E-state index is 13.1. The van der Waals surface area contributed by atoms with E-state index in [9.17, 15) is 13.2 Å². The number of piperidine rings is 1. The fraction of sp³-hybridized carbons (Fsp3) is 0.565. The molecule has 2 aromatic rings. The molecule has 0 spiro atoms. The quantitative estimate of drug-likeness (QED) is 0.503. The van der Waals surface area contributed by atoms with Gasteiger partial charge in [0.2, 0.25) is 15.9 Å². The topological polar surface area (TPSA) is 123 Å². The summed E-state index contributed by atoms with van der Waals surface area (Å²) in [6.45, 7) is 4.46. The van der Waals surface area contributed by atoms with Gasteiger partial charge < -0.3 is 19.9 Å². The third kappa shape index (κ3) is 5.53. The Morgan fingerprint density at radius 1 is 1.21 bits per heavy atom. The van der Waals surface area contributed by atoms with E-state index in [0.717, 1.165) is 24.1 Å². The van der Waals surface area contributed by atoms with E-state index < -0.39 is 10.0 Å². The number of hydrogen-bond donors (Lipinski definition) is 2. The number of aliphatic hydroxyl groups excluding tert-OH is 1. The van der Waals surface area contributed by atoms with Gasteiger partial charge in [-0.25, -0.2) is 8.42 Å². The standard InChI is InChI=1S/C23H32N4O6S/c1-17-19(16-26(25-17)11-12-28)3-2-8-24-23(29)18-6-9-27(10-7-18)34(30,31)20-4-5-21-22(15-20)33-14-13-32-21/h4-5,15-16,18,28H,2-3,6-14H2,1H3,(H,24,29). The van der Waals surface area contributed by atoms with Gasteiger partial charge in [0.25, 0.3) is 0 Å². The van der Waals surface area contributed by atoms with Gasteiger partial charge in [-0.05, 0) is 50.3 Å². The third-order valence-electron chi connectivity index (χ3n) is 6.28. The number of nitrogens with zero attached hydrogens (tertiary/aromatic N) is 3. The Morgan fingerprint density at radius 3 is 2.68 bits per heavy atom. The number of fused-ring (bicyclic) bond motifs is 1. The van der Waals surface area contributed by atoms with E-state index in [-0.39, 0.29) is 23.3 Å². The Labute approximate surface area is 199 Å². The van der Waals surface area contributed by atoms with Crippen molar-refractivity contribution >= 4 is 15.9 Å². The molecule has 186 valence electrons. The molecule has 1 aromatic heterocycles. The predicted octanol–water partition coefficient (Wildman–Crippen LogP) is 1.10. The number of aryl methyl sites for hydroxylation is 2. The van der Waals surface area contributed by atoms with Crippen molar-refractivity contribution in [1.82, 2.24) is 19.4 Å². The number of aliphatic hydroxyl groups is 1. The summed E-state index contributed by atoms with van der Waals surface area (Å²) in [7, 11) is -3.66. The normalized spacial score (nSPS) is 17.0. The number of ether oxygens (including phenoxy) is 2. The Hall–Kier alpha value is -2.63. The van der Waals surface area contributed by atoms with Crippen LogP contribution in [0.1, 0.15) is 30.5 Å². The van der Waals surface area contributed by atoms with Crippen LogP contribution in [-0.2, 0) is 27.8 Å². The minimum Gasteiger partial charge on any atom is -0.486 e. The molecule has 0 saturated carbocycles. The summed E-state index contributed by atoms with van der Waals surface area (Å²) in [5.41, 5.74) is 2.05. The van der Waals surface area contributed by atoms with Crippen LogP contribution < -0.4 is 14.8 Å². The lowest BCUT2D eigenvalue weighted by atomic mass is 9.97. The minimum absolute atomic E-state index is 0.0240. The highest BCUT2D eigenvalue weighted by atomic mass is 32.2. The maximum Gasteiger partial charge on any atom is 0.243 e. The highest BCUT2D eigenvalue weighted by Crippen LogP contribution is 2.34. The van der Waals surface area contributed by atoms with Crippen molar-refractivity contribution in [2.75, 3.05) is 39.5 Å². The van der Waals surface area contributed by atoms with Crippen molar-refractivity contribution in [1.29, 1.82) is 0 Å². The molecule has 1 saturated heterocycles. The van der Waals surface area contributed by atoms with Gasteiger partial charge in [-0.3, -0.25) is 9.48 Å². The van der Waals surface area contributed by atoms with E-state index in [1.54, 1.807) is 10.7 Å². The lowest BCUT2D eigenvalue weighted by Crippen LogP contribution is -2.43. The lowest BCUT2D eigenvalue weighted by Gasteiger charge is -2.30. The predicted molar refractivity (Wildman–Crippen MR) is 124 cm³/mol. The van der Waals surface area contributed by atoms with Gasteiger partial charge in [0.05, 0.1) is 23.7 Å². The number of hydrogen-bond acceptors (Lipinski definition) is 7. The average molecular weight is 493 g/mol. The average Bonchev–Trinajstić information content (AvgIpc) is 3.20. The van der Waals surface area contributed by atoms with E-state index in [1.807, 2.05) is 13.1 Å². The zero-order chi connectivity index (χ0) is 24.1. The van der Waals surface area contributed by atoms with Gasteiger partial charge in [-0.15, -0.1) is 0 Å². The number of aromatic nitrogens is 2. The zero-order valence-corrected chi connectivity index (χ0v) is 20.2. The maximum atomic E-state index is 13.1. The summed E-state index contributed by atoms with van der Waals surface area (Å²) in [6, 6.07) is 4.68. The van der Waals surface area contributed by atoms with Crippen LogP contribution in [0.2, 0.25) is 0 Å². The molecule has 1 aromatic carbocycles. The van der Waals surface area contributed by atoms with E-state index >= 15 is 0 Å². The Morgan fingerprint density at radius 2 is 1.94 bits per heavy atom. The lowest BCUT2D eigenvalue weighted by molar-refractivity contribution is -0.126. The monoisotopic (exact) mass is 492 g/mol. The van der Waals surface area contributed by atoms with Gasteiger partial charge in [0, 0.05) is 37.8 Å². The van der Waals surface area contributed by atoms with E-state index in [2.05, 4.69) is 10.4 Å². The van der Waals surface area contributed by atoms with Crippen molar-refractivity contribution in [2.24, 2.45) is 5.92 Å². The molecule has 0 atom stereocenters. The number of amides is 1. The first-order chi connectivity index (χ1) is 16.4. The molecule has 4 rings (SSSR count). The summed E-state index contributed by atoms with van der Waals surface area (Å²) in [6.07, 6.45) is 4.50.